The number of carbonyl (C=O) groups excluding carboxylic acids is 2. The molecule has 0 saturated heterocycles. The average Bonchev–Trinajstić information content (AvgIpc) is 2.64. The van der Waals surface area contributed by atoms with Crippen molar-refractivity contribution in [3.63, 3.8) is 0 Å². The quantitative estimate of drug-likeness (QED) is 0.446. The fraction of sp³-hybridized carbons (Fsp3) is 0.385. The average molecular weight is 424 g/mol. The van der Waals surface area contributed by atoms with E-state index in [2.05, 4.69) is 0 Å². The van der Waals surface area contributed by atoms with E-state index in [0.29, 0.717) is 22.6 Å². The molecule has 0 N–H and O–H groups in total. The molecule has 0 bridgehead atoms. The summed E-state index contributed by atoms with van der Waals surface area (Å²) in [4.78, 5) is 26.1. The Hall–Kier alpha value is -3.08. The Balaban J connectivity index is 2.27. The highest BCUT2D eigenvalue weighted by Crippen LogP contribution is 2.31. The third kappa shape index (κ3) is 7.59. The molecule has 2 rings (SSSR count). The lowest BCUT2D eigenvalue weighted by molar-refractivity contribution is 0.0827. The molecule has 0 aliphatic carbocycles. The molecule has 0 radical (unpaired) electrons. The Labute approximate surface area is 185 Å². The van der Waals surface area contributed by atoms with Gasteiger partial charge >= 0.3 is 0 Å². The first-order valence-corrected chi connectivity index (χ1v) is 10.3. The summed E-state index contributed by atoms with van der Waals surface area (Å²) >= 11 is 0. The maximum absolute atomic E-state index is 12.6. The molecule has 0 aliphatic heterocycles. The number of hydrogen-bond donors (Lipinski definition) is 0. The molecule has 0 fully saturated rings. The molecule has 2 aromatic carbocycles. The van der Waals surface area contributed by atoms with Crippen molar-refractivity contribution in [3.05, 3.63) is 65.2 Å². The number of ether oxygens (including phenoxy) is 2. The number of hydrogen-bond acceptors (Lipinski definition) is 4. The molecule has 0 aliphatic rings. The molecule has 5 nitrogen and oxygen atoms in total. The van der Waals surface area contributed by atoms with E-state index < -0.39 is 5.60 Å². The first-order chi connectivity index (χ1) is 14.2. The Bertz CT molecular complexity index is 958. The molecule has 1 amide bonds. The van der Waals surface area contributed by atoms with Crippen molar-refractivity contribution in [2.45, 2.75) is 52.7 Å². The third-order valence-corrected chi connectivity index (χ3v) is 4.06. The molecule has 0 atom stereocenters. The van der Waals surface area contributed by atoms with Gasteiger partial charge in [-0.1, -0.05) is 12.1 Å². The molecular formula is C26H33NO4. The Morgan fingerprint density at radius 3 is 1.87 bits per heavy atom. The van der Waals surface area contributed by atoms with E-state index in [0.717, 1.165) is 5.56 Å². The summed E-state index contributed by atoms with van der Waals surface area (Å²) in [6, 6.07) is 12.2. The number of amides is 1. The number of carbonyl (C=O) groups is 2. The van der Waals surface area contributed by atoms with Gasteiger partial charge in [-0.05, 0) is 78.0 Å². The second-order valence-electron chi connectivity index (χ2n) is 9.60. The molecule has 31 heavy (non-hydrogen) atoms. The van der Waals surface area contributed by atoms with Crippen LogP contribution in [0, 0.1) is 0 Å². The lowest BCUT2D eigenvalue weighted by Crippen LogP contribution is -2.24. The predicted molar refractivity (Wildman–Crippen MR) is 125 cm³/mol. The largest absolute Gasteiger partial charge is 0.488 e. The molecule has 0 spiro atoms. The second kappa shape index (κ2) is 9.38. The highest BCUT2D eigenvalue weighted by atomic mass is 16.5. The second-order valence-corrected chi connectivity index (χ2v) is 9.60. The number of benzene rings is 2. The van der Waals surface area contributed by atoms with E-state index in [1.54, 1.807) is 44.4 Å². The molecular weight excluding hydrogens is 390 g/mol. The van der Waals surface area contributed by atoms with Crippen molar-refractivity contribution >= 4 is 17.8 Å². The van der Waals surface area contributed by atoms with Gasteiger partial charge in [-0.2, -0.15) is 0 Å². The van der Waals surface area contributed by atoms with Gasteiger partial charge in [-0.3, -0.25) is 9.59 Å². The summed E-state index contributed by atoms with van der Waals surface area (Å²) in [5.41, 5.74) is 1.11. The van der Waals surface area contributed by atoms with E-state index in [1.807, 2.05) is 59.7 Å². The molecule has 0 saturated carbocycles. The number of allylic oxidation sites excluding steroid dienone is 1. The van der Waals surface area contributed by atoms with Crippen LogP contribution in [0.15, 0.2) is 48.5 Å². The van der Waals surface area contributed by atoms with Crippen molar-refractivity contribution in [2.75, 3.05) is 14.1 Å². The van der Waals surface area contributed by atoms with Crippen molar-refractivity contribution in [2.24, 2.45) is 0 Å². The van der Waals surface area contributed by atoms with Crippen LogP contribution < -0.4 is 9.47 Å². The van der Waals surface area contributed by atoms with E-state index in [4.69, 9.17) is 9.47 Å². The smallest absolute Gasteiger partial charge is 0.253 e. The van der Waals surface area contributed by atoms with Gasteiger partial charge in [0.2, 0.25) is 0 Å². The zero-order chi connectivity index (χ0) is 23.4. The van der Waals surface area contributed by atoms with Crippen LogP contribution in [0.25, 0.3) is 6.08 Å². The van der Waals surface area contributed by atoms with Crippen LogP contribution in [0.1, 0.15) is 67.8 Å². The summed E-state index contributed by atoms with van der Waals surface area (Å²) in [6.07, 6.45) is 3.25. The van der Waals surface area contributed by atoms with Crippen molar-refractivity contribution in [1.82, 2.24) is 4.90 Å². The lowest BCUT2D eigenvalue weighted by atomic mass is 10.1. The molecule has 0 aromatic heterocycles. The van der Waals surface area contributed by atoms with Crippen molar-refractivity contribution < 1.29 is 19.1 Å². The minimum Gasteiger partial charge on any atom is -0.488 e. The Morgan fingerprint density at radius 2 is 1.35 bits per heavy atom. The van der Waals surface area contributed by atoms with Crippen LogP contribution in [-0.4, -0.2) is 41.9 Å². The van der Waals surface area contributed by atoms with Gasteiger partial charge < -0.3 is 14.4 Å². The summed E-state index contributed by atoms with van der Waals surface area (Å²) in [7, 11) is 3.39. The van der Waals surface area contributed by atoms with E-state index in [-0.39, 0.29) is 17.3 Å². The summed E-state index contributed by atoms with van der Waals surface area (Å²) < 4.78 is 12.1. The Kier molecular flexibility index (Phi) is 7.32. The number of nitrogens with zero attached hydrogens (tertiary/aromatic N) is 1. The third-order valence-electron chi connectivity index (χ3n) is 4.06. The van der Waals surface area contributed by atoms with Gasteiger partial charge in [0.25, 0.3) is 5.91 Å². The van der Waals surface area contributed by atoms with Gasteiger partial charge in [0, 0.05) is 36.9 Å². The van der Waals surface area contributed by atoms with E-state index in [1.165, 1.54) is 11.0 Å². The summed E-state index contributed by atoms with van der Waals surface area (Å²) in [6.45, 7) is 11.9. The minimum atomic E-state index is -0.401. The monoisotopic (exact) mass is 423 g/mol. The van der Waals surface area contributed by atoms with Gasteiger partial charge in [0.05, 0.1) is 0 Å². The first-order valence-electron chi connectivity index (χ1n) is 10.3. The van der Waals surface area contributed by atoms with Crippen molar-refractivity contribution in [1.29, 1.82) is 0 Å². The highest BCUT2D eigenvalue weighted by Gasteiger charge is 2.17. The van der Waals surface area contributed by atoms with Crippen molar-refractivity contribution in [3.8, 4) is 11.5 Å². The lowest BCUT2D eigenvalue weighted by Gasteiger charge is -2.25. The number of rotatable bonds is 6. The first kappa shape index (κ1) is 24.2. The Morgan fingerprint density at radius 1 is 0.806 bits per heavy atom. The summed E-state index contributed by atoms with van der Waals surface area (Å²) in [5.74, 6) is 1.10. The number of ketones is 1. The van der Waals surface area contributed by atoms with Crippen LogP contribution in [0.4, 0.5) is 0 Å². The topological polar surface area (TPSA) is 55.8 Å². The minimum absolute atomic E-state index is 0.101. The zero-order valence-electron chi connectivity index (χ0n) is 19.8. The van der Waals surface area contributed by atoms with E-state index >= 15 is 0 Å². The molecule has 0 heterocycles. The van der Waals surface area contributed by atoms with Crippen LogP contribution in [0.3, 0.4) is 0 Å². The van der Waals surface area contributed by atoms with E-state index in [9.17, 15) is 9.59 Å². The van der Waals surface area contributed by atoms with Gasteiger partial charge in [-0.15, -0.1) is 0 Å². The highest BCUT2D eigenvalue weighted by molar-refractivity contribution is 6.07. The van der Waals surface area contributed by atoms with Gasteiger partial charge in [-0.25, -0.2) is 0 Å². The van der Waals surface area contributed by atoms with Crippen LogP contribution in [0.2, 0.25) is 0 Å². The fourth-order valence-electron chi connectivity index (χ4n) is 2.78. The maximum Gasteiger partial charge on any atom is 0.253 e. The molecule has 0 unspecified atom stereocenters. The summed E-state index contributed by atoms with van der Waals surface area (Å²) in [5, 5.41) is 0. The van der Waals surface area contributed by atoms with Crippen LogP contribution in [0.5, 0.6) is 11.5 Å². The standard InChI is InChI=1S/C26H33NO4/c1-25(2,3)30-21-15-13-19(23(17-21)31-26(4,5)6)14-16-22(28)18-9-11-20(12-10-18)24(29)27(7)8/h9-17H,1-8H3/b16-14+. The molecule has 2 aromatic rings. The fourth-order valence-corrected chi connectivity index (χ4v) is 2.78. The molecule has 5 heteroatoms. The SMILES string of the molecule is CN(C)C(=O)c1ccc(C(=O)/C=C/c2ccc(OC(C)(C)C)cc2OC(C)(C)C)cc1. The van der Waals surface area contributed by atoms with Gasteiger partial charge in [0.1, 0.15) is 22.7 Å². The zero-order valence-corrected chi connectivity index (χ0v) is 19.8. The maximum atomic E-state index is 12.6. The molecule has 166 valence electrons. The van der Waals surface area contributed by atoms with Gasteiger partial charge in [0.15, 0.2) is 5.78 Å². The predicted octanol–water partition coefficient (Wildman–Crippen LogP) is 5.64. The normalized spacial score (nSPS) is 12.0. The van der Waals surface area contributed by atoms with Crippen LogP contribution in [-0.2, 0) is 0 Å². The van der Waals surface area contributed by atoms with Crippen LogP contribution >= 0.6 is 0 Å².